The molecule has 0 N–H and O–H groups in total. The molecular weight excluding hydrogens is 418 g/mol. The molecule has 0 radical (unpaired) electrons. The lowest BCUT2D eigenvalue weighted by Crippen LogP contribution is -2.68. The summed E-state index contributed by atoms with van der Waals surface area (Å²) < 4.78 is 10.4. The molecule has 1 aromatic rings. The summed E-state index contributed by atoms with van der Waals surface area (Å²) in [5.74, 6) is -3.47. The minimum Gasteiger partial charge on any atom is -0.468 e. The largest absolute Gasteiger partial charge is 0.468 e. The SMILES string of the molecule is COC(=O)CN1C(=O)[C@H]2[C@@H](c3ccc(C)o3)N3C(=O)CN(CC4CC4)C(=O)[C@@]3(C)[C@H]2C1=O. The number of hydrogen-bond donors (Lipinski definition) is 0. The summed E-state index contributed by atoms with van der Waals surface area (Å²) in [4.78, 5) is 69.6. The molecule has 1 aliphatic carbocycles. The van der Waals surface area contributed by atoms with Crippen molar-refractivity contribution in [2.45, 2.75) is 38.3 Å². The Kier molecular flexibility index (Phi) is 4.48. The maximum atomic E-state index is 13.7. The molecular formula is C22H25N3O7. The van der Waals surface area contributed by atoms with Crippen molar-refractivity contribution in [2.75, 3.05) is 26.7 Å². The normalized spacial score (nSPS) is 32.0. The number of carbonyl (C=O) groups is 5. The van der Waals surface area contributed by atoms with Crippen molar-refractivity contribution in [3.63, 3.8) is 0 Å². The predicted molar refractivity (Wildman–Crippen MR) is 106 cm³/mol. The Balaban J connectivity index is 1.61. The number of carbonyl (C=O) groups excluding carboxylic acids is 5. The number of nitrogens with zero attached hydrogens (tertiary/aromatic N) is 3. The Bertz CT molecular complexity index is 1040. The van der Waals surface area contributed by atoms with Crippen LogP contribution in [0.2, 0.25) is 0 Å². The molecule has 0 aromatic carbocycles. The van der Waals surface area contributed by atoms with E-state index in [2.05, 4.69) is 4.74 Å². The fraction of sp³-hybridized carbons (Fsp3) is 0.591. The van der Waals surface area contributed by atoms with Crippen LogP contribution in [-0.4, -0.2) is 76.6 Å². The van der Waals surface area contributed by atoms with Crippen LogP contribution >= 0.6 is 0 Å². The van der Waals surface area contributed by atoms with Crippen LogP contribution in [0.5, 0.6) is 0 Å². The van der Waals surface area contributed by atoms with Gasteiger partial charge in [-0.3, -0.25) is 28.9 Å². The van der Waals surface area contributed by atoms with Gasteiger partial charge in [-0.15, -0.1) is 0 Å². The average Bonchev–Trinajstić information content (AvgIpc) is 3.31. The van der Waals surface area contributed by atoms with Crippen LogP contribution in [0.25, 0.3) is 0 Å². The molecule has 4 heterocycles. The van der Waals surface area contributed by atoms with E-state index in [1.807, 2.05) is 0 Å². The van der Waals surface area contributed by atoms with Crippen molar-refractivity contribution >= 4 is 29.6 Å². The molecule has 4 amide bonds. The van der Waals surface area contributed by atoms with E-state index in [0.717, 1.165) is 17.7 Å². The Morgan fingerprint density at radius 2 is 1.91 bits per heavy atom. The minimum atomic E-state index is -1.54. The van der Waals surface area contributed by atoms with E-state index >= 15 is 0 Å². The van der Waals surface area contributed by atoms with Crippen LogP contribution in [0, 0.1) is 24.7 Å². The molecule has 1 aromatic heterocycles. The topological polar surface area (TPSA) is 117 Å². The molecule has 32 heavy (non-hydrogen) atoms. The van der Waals surface area contributed by atoms with Gasteiger partial charge in [0, 0.05) is 6.54 Å². The van der Waals surface area contributed by atoms with Gasteiger partial charge in [-0.1, -0.05) is 0 Å². The molecule has 5 rings (SSSR count). The van der Waals surface area contributed by atoms with E-state index in [0.29, 0.717) is 24.0 Å². The Morgan fingerprint density at radius 3 is 2.50 bits per heavy atom. The van der Waals surface area contributed by atoms with Gasteiger partial charge in [0.25, 0.3) is 0 Å². The molecule has 3 saturated heterocycles. The van der Waals surface area contributed by atoms with E-state index in [1.54, 1.807) is 26.0 Å². The van der Waals surface area contributed by atoms with E-state index in [9.17, 15) is 24.0 Å². The first-order valence-electron chi connectivity index (χ1n) is 10.8. The summed E-state index contributed by atoms with van der Waals surface area (Å²) in [5, 5.41) is 0. The van der Waals surface area contributed by atoms with Gasteiger partial charge in [0.05, 0.1) is 25.5 Å². The zero-order valence-electron chi connectivity index (χ0n) is 18.2. The molecule has 4 fully saturated rings. The van der Waals surface area contributed by atoms with Gasteiger partial charge in [0.15, 0.2) is 0 Å². The van der Waals surface area contributed by atoms with Gasteiger partial charge >= 0.3 is 5.97 Å². The number of piperazine rings is 1. The van der Waals surface area contributed by atoms with Gasteiger partial charge in [-0.25, -0.2) is 0 Å². The van der Waals surface area contributed by atoms with Gasteiger partial charge in [0.2, 0.25) is 23.6 Å². The van der Waals surface area contributed by atoms with Crippen LogP contribution in [0.15, 0.2) is 16.5 Å². The zero-order valence-corrected chi connectivity index (χ0v) is 18.2. The molecule has 170 valence electrons. The number of aryl methyl sites for hydroxylation is 1. The fourth-order valence-corrected chi connectivity index (χ4v) is 5.57. The highest BCUT2D eigenvalue weighted by Gasteiger charge is 2.73. The lowest BCUT2D eigenvalue weighted by atomic mass is 9.79. The second-order valence-electron chi connectivity index (χ2n) is 9.28. The number of imide groups is 1. The number of likely N-dealkylation sites (tertiary alicyclic amines) is 1. The molecule has 0 spiro atoms. The Hall–Kier alpha value is -3.17. The van der Waals surface area contributed by atoms with Crippen molar-refractivity contribution < 1.29 is 33.1 Å². The summed E-state index contributed by atoms with van der Waals surface area (Å²) in [5.41, 5.74) is -1.54. The number of esters is 1. The number of amides is 4. The van der Waals surface area contributed by atoms with E-state index in [4.69, 9.17) is 4.42 Å². The van der Waals surface area contributed by atoms with E-state index in [1.165, 1.54) is 16.9 Å². The quantitative estimate of drug-likeness (QED) is 0.473. The highest BCUT2D eigenvalue weighted by atomic mass is 16.5. The third kappa shape index (κ3) is 2.74. The fourth-order valence-electron chi connectivity index (χ4n) is 5.57. The molecule has 3 aliphatic heterocycles. The lowest BCUT2D eigenvalue weighted by Gasteiger charge is -2.46. The van der Waals surface area contributed by atoms with Crippen molar-refractivity contribution in [1.29, 1.82) is 0 Å². The third-order valence-corrected chi connectivity index (χ3v) is 7.22. The molecule has 10 heteroatoms. The van der Waals surface area contributed by atoms with Crippen molar-refractivity contribution in [3.8, 4) is 0 Å². The number of methoxy groups -OCH3 is 1. The third-order valence-electron chi connectivity index (χ3n) is 7.22. The molecule has 1 saturated carbocycles. The zero-order chi connectivity index (χ0) is 22.9. The highest BCUT2D eigenvalue weighted by Crippen LogP contribution is 2.57. The minimum absolute atomic E-state index is 0.0885. The summed E-state index contributed by atoms with van der Waals surface area (Å²) in [6, 6.07) is 2.47. The van der Waals surface area contributed by atoms with Crippen molar-refractivity contribution in [2.24, 2.45) is 17.8 Å². The average molecular weight is 443 g/mol. The molecule has 0 unspecified atom stereocenters. The summed E-state index contributed by atoms with van der Waals surface area (Å²) in [6.45, 7) is 3.14. The number of hydrogen-bond acceptors (Lipinski definition) is 7. The standard InChI is InChI=1S/C22H25N3O7/c1-11-4-7-13(32-11)18-16-17(20(29)24(19(16)28)10-15(27)31-3)22(2)21(30)23(8-12-5-6-12)9-14(26)25(18)22/h4,7,12,16-18H,5-6,8-10H2,1-3H3/t16-,17-,18-,22-/m1/s1. The first-order chi connectivity index (χ1) is 15.2. The highest BCUT2D eigenvalue weighted by molar-refractivity contribution is 6.13. The van der Waals surface area contributed by atoms with E-state index in [-0.39, 0.29) is 18.4 Å². The predicted octanol–water partition coefficient (Wildman–Crippen LogP) is 0.256. The number of fused-ring (bicyclic) bond motifs is 3. The summed E-state index contributed by atoms with van der Waals surface area (Å²) >= 11 is 0. The molecule has 4 atom stereocenters. The van der Waals surface area contributed by atoms with Crippen molar-refractivity contribution in [1.82, 2.24) is 14.7 Å². The van der Waals surface area contributed by atoms with Crippen molar-refractivity contribution in [3.05, 3.63) is 23.7 Å². The number of rotatable bonds is 5. The second kappa shape index (κ2) is 6.91. The number of furan rings is 1. The van der Waals surface area contributed by atoms with Crippen LogP contribution in [0.1, 0.15) is 37.3 Å². The molecule has 10 nitrogen and oxygen atoms in total. The molecule has 0 bridgehead atoms. The second-order valence-corrected chi connectivity index (χ2v) is 9.28. The first kappa shape index (κ1) is 20.7. The van der Waals surface area contributed by atoms with Gasteiger partial charge in [-0.05, 0) is 44.7 Å². The Morgan fingerprint density at radius 1 is 1.19 bits per heavy atom. The lowest BCUT2D eigenvalue weighted by molar-refractivity contribution is -0.168. The smallest absolute Gasteiger partial charge is 0.325 e. The van der Waals surface area contributed by atoms with Crippen LogP contribution in [0.4, 0.5) is 0 Å². The van der Waals surface area contributed by atoms with Crippen LogP contribution < -0.4 is 0 Å². The first-order valence-corrected chi connectivity index (χ1v) is 10.8. The van der Waals surface area contributed by atoms with Gasteiger partial charge in [0.1, 0.15) is 29.6 Å². The maximum absolute atomic E-state index is 13.7. The van der Waals surface area contributed by atoms with Crippen LogP contribution in [0.3, 0.4) is 0 Å². The maximum Gasteiger partial charge on any atom is 0.325 e. The van der Waals surface area contributed by atoms with E-state index < -0.39 is 47.7 Å². The van der Waals surface area contributed by atoms with Crippen LogP contribution in [-0.2, 0) is 28.7 Å². The summed E-state index contributed by atoms with van der Waals surface area (Å²) in [6.07, 6.45) is 2.01. The van der Waals surface area contributed by atoms with Gasteiger partial charge < -0.3 is 19.0 Å². The monoisotopic (exact) mass is 443 g/mol. The number of ether oxygens (including phenoxy) is 1. The molecule has 4 aliphatic rings. The Labute approximate surface area is 184 Å². The van der Waals surface area contributed by atoms with Gasteiger partial charge in [-0.2, -0.15) is 0 Å². The summed E-state index contributed by atoms with van der Waals surface area (Å²) in [7, 11) is 1.17.